The molecule has 0 saturated heterocycles. The van der Waals surface area contributed by atoms with Crippen molar-refractivity contribution in [2.24, 2.45) is 0 Å². The SMILES string of the molecule is CCCCCCCCCCCC(=O)NCC(=O)O.[Na+]. The van der Waals surface area contributed by atoms with Crippen molar-refractivity contribution in [3.05, 3.63) is 0 Å². The molecule has 0 aromatic heterocycles. The number of carboxylic acid groups (broad SMARTS) is 1. The number of hydrogen-bond donors (Lipinski definition) is 2. The van der Waals surface area contributed by atoms with E-state index >= 15 is 0 Å². The maximum atomic E-state index is 11.2. The minimum atomic E-state index is -0.990. The maximum absolute atomic E-state index is 11.2. The van der Waals surface area contributed by atoms with Crippen molar-refractivity contribution in [2.75, 3.05) is 6.54 Å². The van der Waals surface area contributed by atoms with E-state index < -0.39 is 5.97 Å². The molecule has 0 aliphatic heterocycles. The fourth-order valence-corrected chi connectivity index (χ4v) is 1.86. The van der Waals surface area contributed by atoms with Gasteiger partial charge in [-0.05, 0) is 6.42 Å². The van der Waals surface area contributed by atoms with Crippen LogP contribution in [-0.2, 0) is 9.59 Å². The van der Waals surface area contributed by atoms with Gasteiger partial charge in [0, 0.05) is 6.42 Å². The first-order valence-electron chi connectivity index (χ1n) is 7.15. The first kappa shape index (κ1) is 21.2. The van der Waals surface area contributed by atoms with E-state index in [4.69, 9.17) is 5.11 Å². The van der Waals surface area contributed by atoms with E-state index in [2.05, 4.69) is 12.2 Å². The Labute approximate surface area is 139 Å². The quantitative estimate of drug-likeness (QED) is 0.394. The third kappa shape index (κ3) is 17.9. The molecule has 4 nitrogen and oxygen atoms in total. The smallest absolute Gasteiger partial charge is 0.480 e. The summed E-state index contributed by atoms with van der Waals surface area (Å²) in [6.45, 7) is 1.95. The zero-order chi connectivity index (χ0) is 13.6. The summed E-state index contributed by atoms with van der Waals surface area (Å²) < 4.78 is 0. The number of carbonyl (C=O) groups is 2. The number of carbonyl (C=O) groups excluding carboxylic acids is 1. The number of unbranched alkanes of at least 4 members (excludes halogenated alkanes) is 8. The van der Waals surface area contributed by atoms with Crippen LogP contribution in [0.1, 0.15) is 71.1 Å². The van der Waals surface area contributed by atoms with Crippen LogP contribution in [-0.4, -0.2) is 23.5 Å². The Morgan fingerprint density at radius 1 is 0.895 bits per heavy atom. The van der Waals surface area contributed by atoms with Crippen LogP contribution in [0.4, 0.5) is 0 Å². The minimum Gasteiger partial charge on any atom is -0.480 e. The minimum absolute atomic E-state index is 0. The van der Waals surface area contributed by atoms with Gasteiger partial charge in [0.15, 0.2) is 0 Å². The van der Waals surface area contributed by atoms with Gasteiger partial charge >= 0.3 is 35.5 Å². The van der Waals surface area contributed by atoms with Crippen LogP contribution in [0, 0.1) is 0 Å². The van der Waals surface area contributed by atoms with Crippen molar-refractivity contribution < 1.29 is 44.3 Å². The summed E-state index contributed by atoms with van der Waals surface area (Å²) in [5.74, 6) is -1.14. The van der Waals surface area contributed by atoms with Crippen molar-refractivity contribution in [1.29, 1.82) is 0 Å². The van der Waals surface area contributed by atoms with E-state index in [-0.39, 0.29) is 42.0 Å². The van der Waals surface area contributed by atoms with E-state index in [0.29, 0.717) is 6.42 Å². The third-order valence-electron chi connectivity index (χ3n) is 2.94. The predicted octanol–water partition coefficient (Wildman–Crippen LogP) is 0.112. The zero-order valence-electron chi connectivity index (χ0n) is 12.5. The van der Waals surface area contributed by atoms with Gasteiger partial charge in [-0.3, -0.25) is 9.59 Å². The summed E-state index contributed by atoms with van der Waals surface area (Å²) in [5.41, 5.74) is 0. The zero-order valence-corrected chi connectivity index (χ0v) is 14.5. The standard InChI is InChI=1S/C14H27NO3.Na/c1-2-3-4-5-6-7-8-9-10-11-13(16)15-12-14(17)18;/h2-12H2,1H3,(H,15,16)(H,17,18);/q;+1. The fourth-order valence-electron chi connectivity index (χ4n) is 1.86. The molecule has 0 rings (SSSR count). The predicted molar refractivity (Wildman–Crippen MR) is 72.5 cm³/mol. The number of nitrogens with one attached hydrogen (secondary N) is 1. The van der Waals surface area contributed by atoms with Crippen LogP contribution in [0.25, 0.3) is 0 Å². The summed E-state index contributed by atoms with van der Waals surface area (Å²) in [7, 11) is 0. The molecule has 0 aliphatic rings. The number of carboxylic acids is 1. The van der Waals surface area contributed by atoms with Gasteiger partial charge in [0.25, 0.3) is 0 Å². The van der Waals surface area contributed by atoms with Crippen LogP contribution >= 0.6 is 0 Å². The monoisotopic (exact) mass is 280 g/mol. The first-order chi connectivity index (χ1) is 8.66. The van der Waals surface area contributed by atoms with Gasteiger partial charge < -0.3 is 10.4 Å². The molecule has 0 spiro atoms. The van der Waals surface area contributed by atoms with Gasteiger partial charge in [-0.2, -0.15) is 0 Å². The number of amides is 1. The summed E-state index contributed by atoms with van der Waals surface area (Å²) in [6, 6.07) is 0. The molecule has 0 heterocycles. The molecule has 0 unspecified atom stereocenters. The second-order valence-electron chi connectivity index (χ2n) is 4.75. The van der Waals surface area contributed by atoms with Gasteiger partial charge in [0.2, 0.25) is 5.91 Å². The van der Waals surface area contributed by atoms with Gasteiger partial charge in [0.1, 0.15) is 6.54 Å². The Morgan fingerprint density at radius 3 is 1.84 bits per heavy atom. The Bertz CT molecular complexity index is 235. The molecule has 0 bridgehead atoms. The van der Waals surface area contributed by atoms with Crippen molar-refractivity contribution in [3.8, 4) is 0 Å². The molecule has 0 radical (unpaired) electrons. The van der Waals surface area contributed by atoms with Crippen LogP contribution in [0.15, 0.2) is 0 Å². The molecular weight excluding hydrogens is 253 g/mol. The molecule has 0 aromatic rings. The van der Waals surface area contributed by atoms with Crippen molar-refractivity contribution in [1.82, 2.24) is 5.32 Å². The van der Waals surface area contributed by atoms with E-state index in [1.54, 1.807) is 0 Å². The second kappa shape index (κ2) is 16.0. The van der Waals surface area contributed by atoms with Gasteiger partial charge in [-0.1, -0.05) is 58.3 Å². The summed E-state index contributed by atoms with van der Waals surface area (Å²) in [5, 5.41) is 10.7. The van der Waals surface area contributed by atoms with Gasteiger partial charge in [0.05, 0.1) is 0 Å². The normalized spacial score (nSPS) is 9.74. The average Bonchev–Trinajstić information content (AvgIpc) is 2.34. The van der Waals surface area contributed by atoms with Crippen LogP contribution < -0.4 is 34.9 Å². The van der Waals surface area contributed by atoms with Crippen LogP contribution in [0.5, 0.6) is 0 Å². The Morgan fingerprint density at radius 2 is 1.37 bits per heavy atom. The Balaban J connectivity index is 0. The number of hydrogen-bond acceptors (Lipinski definition) is 2. The molecule has 19 heavy (non-hydrogen) atoms. The van der Waals surface area contributed by atoms with E-state index in [1.807, 2.05) is 0 Å². The largest absolute Gasteiger partial charge is 1.00 e. The van der Waals surface area contributed by atoms with Crippen LogP contribution in [0.3, 0.4) is 0 Å². The summed E-state index contributed by atoms with van der Waals surface area (Å²) in [6.07, 6.45) is 11.4. The molecule has 0 aromatic carbocycles. The number of aliphatic carboxylic acids is 1. The molecule has 0 saturated carbocycles. The maximum Gasteiger partial charge on any atom is 1.00 e. The van der Waals surface area contributed by atoms with Crippen molar-refractivity contribution in [3.63, 3.8) is 0 Å². The third-order valence-corrected chi connectivity index (χ3v) is 2.94. The Kier molecular flexibility index (Phi) is 17.9. The van der Waals surface area contributed by atoms with Crippen molar-refractivity contribution in [2.45, 2.75) is 71.1 Å². The number of rotatable bonds is 12. The van der Waals surface area contributed by atoms with E-state index in [9.17, 15) is 9.59 Å². The Hall–Kier alpha value is -0.0600. The molecule has 0 atom stereocenters. The average molecular weight is 280 g/mol. The van der Waals surface area contributed by atoms with Crippen molar-refractivity contribution >= 4 is 11.9 Å². The molecule has 106 valence electrons. The van der Waals surface area contributed by atoms with Gasteiger partial charge in [-0.25, -0.2) is 0 Å². The second-order valence-corrected chi connectivity index (χ2v) is 4.75. The van der Waals surface area contributed by atoms with Gasteiger partial charge in [-0.15, -0.1) is 0 Å². The molecule has 0 aliphatic carbocycles. The molecule has 2 N–H and O–H groups in total. The first-order valence-corrected chi connectivity index (χ1v) is 7.15. The van der Waals surface area contributed by atoms with E-state index in [1.165, 1.54) is 44.9 Å². The molecule has 0 fully saturated rings. The topological polar surface area (TPSA) is 66.4 Å². The van der Waals surface area contributed by atoms with E-state index in [0.717, 1.165) is 12.8 Å². The molecular formula is C14H27NNaO3+. The summed E-state index contributed by atoms with van der Waals surface area (Å²) in [4.78, 5) is 21.4. The fraction of sp³-hybridized carbons (Fsp3) is 0.857. The molecule has 5 heteroatoms. The molecule has 1 amide bonds. The summed E-state index contributed by atoms with van der Waals surface area (Å²) >= 11 is 0. The van der Waals surface area contributed by atoms with Crippen LogP contribution in [0.2, 0.25) is 0 Å².